The quantitative estimate of drug-likeness (QED) is 0.696. The van der Waals surface area contributed by atoms with Gasteiger partial charge in [-0.2, -0.15) is 0 Å². The van der Waals surface area contributed by atoms with Crippen LogP contribution in [0.1, 0.15) is 17.0 Å². The lowest BCUT2D eigenvalue weighted by Gasteiger charge is -2.39. The monoisotopic (exact) mass is 393 g/mol. The molecule has 1 aliphatic rings. The standard InChI is InChI=1S/C22H20FN3O3/c1-14-8-16(11-27)19(10-24-14)15-2-7-20(25-9-15)22(12-29-13-22)21(28)26-18-5-3-17(23)4-6-18/h2-10,27H,11-13H2,1H3,(H,26,28). The van der Waals surface area contributed by atoms with Crippen molar-refractivity contribution in [3.05, 3.63) is 77.6 Å². The van der Waals surface area contributed by atoms with Crippen molar-refractivity contribution in [3.63, 3.8) is 0 Å². The van der Waals surface area contributed by atoms with Crippen LogP contribution in [-0.4, -0.2) is 34.2 Å². The largest absolute Gasteiger partial charge is 0.392 e. The normalized spacial score (nSPS) is 14.9. The summed E-state index contributed by atoms with van der Waals surface area (Å²) in [5, 5.41) is 12.4. The Morgan fingerprint density at radius 2 is 1.93 bits per heavy atom. The lowest BCUT2D eigenvalue weighted by atomic mass is 9.80. The molecule has 1 aromatic carbocycles. The van der Waals surface area contributed by atoms with Crippen LogP contribution in [0.25, 0.3) is 11.1 Å². The molecule has 7 heteroatoms. The fourth-order valence-electron chi connectivity index (χ4n) is 3.33. The maximum atomic E-state index is 13.1. The average molecular weight is 393 g/mol. The average Bonchev–Trinajstić information content (AvgIpc) is 2.69. The van der Waals surface area contributed by atoms with Crippen molar-refractivity contribution in [1.29, 1.82) is 0 Å². The van der Waals surface area contributed by atoms with Gasteiger partial charge < -0.3 is 15.2 Å². The molecule has 1 fully saturated rings. The van der Waals surface area contributed by atoms with E-state index in [1.807, 2.05) is 19.1 Å². The SMILES string of the molecule is Cc1cc(CO)c(-c2ccc(C3(C(=O)Nc4ccc(F)cc4)COC3)nc2)cn1. The number of rotatable bonds is 5. The van der Waals surface area contributed by atoms with Crippen LogP contribution >= 0.6 is 0 Å². The molecule has 2 N–H and O–H groups in total. The van der Waals surface area contributed by atoms with Gasteiger partial charge in [0.15, 0.2) is 0 Å². The van der Waals surface area contributed by atoms with E-state index in [0.717, 1.165) is 22.4 Å². The van der Waals surface area contributed by atoms with Gasteiger partial charge in [-0.25, -0.2) is 4.39 Å². The van der Waals surface area contributed by atoms with Gasteiger partial charge >= 0.3 is 0 Å². The van der Waals surface area contributed by atoms with Crippen molar-refractivity contribution in [3.8, 4) is 11.1 Å². The van der Waals surface area contributed by atoms with Gasteiger partial charge in [-0.3, -0.25) is 14.8 Å². The highest BCUT2D eigenvalue weighted by molar-refractivity contribution is 5.99. The van der Waals surface area contributed by atoms with Crippen LogP contribution in [0, 0.1) is 12.7 Å². The number of hydrogen-bond acceptors (Lipinski definition) is 5. The third-order valence-electron chi connectivity index (χ3n) is 5.10. The zero-order valence-corrected chi connectivity index (χ0v) is 15.9. The number of pyridine rings is 2. The molecule has 29 heavy (non-hydrogen) atoms. The number of aliphatic hydroxyl groups is 1. The van der Waals surface area contributed by atoms with E-state index in [0.29, 0.717) is 11.4 Å². The van der Waals surface area contributed by atoms with E-state index in [-0.39, 0.29) is 31.5 Å². The molecule has 0 atom stereocenters. The molecule has 148 valence electrons. The molecule has 4 rings (SSSR count). The molecule has 1 saturated heterocycles. The molecule has 0 radical (unpaired) electrons. The van der Waals surface area contributed by atoms with E-state index in [9.17, 15) is 14.3 Å². The van der Waals surface area contributed by atoms with E-state index in [2.05, 4.69) is 15.3 Å². The Balaban J connectivity index is 1.60. The Morgan fingerprint density at radius 1 is 1.17 bits per heavy atom. The minimum Gasteiger partial charge on any atom is -0.392 e. The molecule has 0 aliphatic carbocycles. The first-order valence-corrected chi connectivity index (χ1v) is 9.20. The smallest absolute Gasteiger partial charge is 0.241 e. The lowest BCUT2D eigenvalue weighted by molar-refractivity contribution is -0.140. The third-order valence-corrected chi connectivity index (χ3v) is 5.10. The van der Waals surface area contributed by atoms with Gasteiger partial charge in [-0.1, -0.05) is 6.07 Å². The Hall–Kier alpha value is -3.16. The Kier molecular flexibility index (Phi) is 5.08. The number of hydrogen-bond donors (Lipinski definition) is 2. The summed E-state index contributed by atoms with van der Waals surface area (Å²) in [6.07, 6.45) is 3.38. The molecule has 3 aromatic rings. The maximum Gasteiger partial charge on any atom is 0.241 e. The van der Waals surface area contributed by atoms with Crippen LogP contribution in [0.4, 0.5) is 10.1 Å². The first kappa shape index (κ1) is 19.2. The van der Waals surface area contributed by atoms with Gasteiger partial charge in [0, 0.05) is 34.9 Å². The summed E-state index contributed by atoms with van der Waals surface area (Å²) >= 11 is 0. The van der Waals surface area contributed by atoms with Crippen LogP contribution in [-0.2, 0) is 21.6 Å². The van der Waals surface area contributed by atoms with Crippen LogP contribution in [0.15, 0.2) is 54.9 Å². The van der Waals surface area contributed by atoms with Crippen molar-refractivity contribution < 1.29 is 19.0 Å². The number of anilines is 1. The Morgan fingerprint density at radius 3 is 2.52 bits per heavy atom. The number of halogens is 1. The van der Waals surface area contributed by atoms with Gasteiger partial charge in [0.1, 0.15) is 11.2 Å². The summed E-state index contributed by atoms with van der Waals surface area (Å²) < 4.78 is 18.4. The van der Waals surface area contributed by atoms with Crippen LogP contribution < -0.4 is 5.32 Å². The van der Waals surface area contributed by atoms with Gasteiger partial charge in [0.05, 0.1) is 25.5 Å². The summed E-state index contributed by atoms with van der Waals surface area (Å²) in [5.74, 6) is -0.613. The second-order valence-electron chi connectivity index (χ2n) is 7.11. The predicted molar refractivity (Wildman–Crippen MR) is 106 cm³/mol. The molecule has 3 heterocycles. The first-order valence-electron chi connectivity index (χ1n) is 9.20. The molecule has 0 spiro atoms. The predicted octanol–water partition coefficient (Wildman–Crippen LogP) is 2.99. The lowest BCUT2D eigenvalue weighted by Crippen LogP contribution is -2.56. The van der Waals surface area contributed by atoms with Crippen LogP contribution in [0.5, 0.6) is 0 Å². The number of benzene rings is 1. The number of aryl methyl sites for hydroxylation is 1. The molecule has 1 amide bonds. The first-order chi connectivity index (χ1) is 14.0. The molecular formula is C22H20FN3O3. The Bertz CT molecular complexity index is 1030. The Labute approximate surface area is 167 Å². The van der Waals surface area contributed by atoms with Gasteiger partial charge in [0.25, 0.3) is 0 Å². The number of ether oxygens (including phenoxy) is 1. The molecule has 1 aliphatic heterocycles. The topological polar surface area (TPSA) is 84.3 Å². The summed E-state index contributed by atoms with van der Waals surface area (Å²) in [4.78, 5) is 21.7. The summed E-state index contributed by atoms with van der Waals surface area (Å²) in [7, 11) is 0. The third kappa shape index (κ3) is 3.62. The van der Waals surface area contributed by atoms with Crippen molar-refractivity contribution in [2.24, 2.45) is 0 Å². The van der Waals surface area contributed by atoms with Gasteiger partial charge in [0.2, 0.25) is 5.91 Å². The van der Waals surface area contributed by atoms with Gasteiger partial charge in [-0.05, 0) is 48.9 Å². The van der Waals surface area contributed by atoms with Crippen molar-refractivity contribution in [1.82, 2.24) is 9.97 Å². The molecule has 6 nitrogen and oxygen atoms in total. The summed E-state index contributed by atoms with van der Waals surface area (Å²) in [6, 6.07) is 11.1. The molecular weight excluding hydrogens is 373 g/mol. The highest BCUT2D eigenvalue weighted by Crippen LogP contribution is 2.34. The number of carbonyl (C=O) groups excluding carboxylic acids is 1. The summed E-state index contributed by atoms with van der Waals surface area (Å²) in [5.41, 5.74) is 3.41. The minimum atomic E-state index is -0.891. The van der Waals surface area contributed by atoms with E-state index >= 15 is 0 Å². The fraction of sp³-hybridized carbons (Fsp3) is 0.227. The summed E-state index contributed by atoms with van der Waals surface area (Å²) in [6.45, 7) is 2.21. The number of nitrogens with one attached hydrogen (secondary N) is 1. The van der Waals surface area contributed by atoms with Crippen molar-refractivity contribution >= 4 is 11.6 Å². The number of carbonyl (C=O) groups is 1. The number of nitrogens with zero attached hydrogens (tertiary/aromatic N) is 2. The second-order valence-corrected chi connectivity index (χ2v) is 7.11. The maximum absolute atomic E-state index is 13.1. The molecule has 0 saturated carbocycles. The van der Waals surface area contributed by atoms with Crippen molar-refractivity contribution in [2.45, 2.75) is 18.9 Å². The van der Waals surface area contributed by atoms with Crippen LogP contribution in [0.3, 0.4) is 0 Å². The fourth-order valence-corrected chi connectivity index (χ4v) is 3.33. The van der Waals surface area contributed by atoms with E-state index < -0.39 is 5.41 Å². The molecule has 0 bridgehead atoms. The number of aromatic nitrogens is 2. The van der Waals surface area contributed by atoms with E-state index in [1.165, 1.54) is 24.3 Å². The highest BCUT2D eigenvalue weighted by atomic mass is 19.1. The minimum absolute atomic E-state index is 0.0989. The van der Waals surface area contributed by atoms with E-state index in [1.54, 1.807) is 18.5 Å². The zero-order chi connectivity index (χ0) is 20.4. The van der Waals surface area contributed by atoms with E-state index in [4.69, 9.17) is 4.74 Å². The molecule has 2 aromatic heterocycles. The number of amides is 1. The van der Waals surface area contributed by atoms with Crippen molar-refractivity contribution in [2.75, 3.05) is 18.5 Å². The zero-order valence-electron chi connectivity index (χ0n) is 15.9. The van der Waals surface area contributed by atoms with Crippen LogP contribution in [0.2, 0.25) is 0 Å². The highest BCUT2D eigenvalue weighted by Gasteiger charge is 2.48. The number of aliphatic hydroxyl groups excluding tert-OH is 1. The second kappa shape index (κ2) is 7.69. The molecule has 0 unspecified atom stereocenters. The van der Waals surface area contributed by atoms with Gasteiger partial charge in [-0.15, -0.1) is 0 Å².